The highest BCUT2D eigenvalue weighted by Crippen LogP contribution is 2.18. The molecule has 0 aliphatic carbocycles. The molecular formula is C14H14F2O4. The number of alkyl halides is 2. The molecular weight excluding hydrogens is 270 g/mol. The molecule has 0 saturated heterocycles. The van der Waals surface area contributed by atoms with E-state index in [1.54, 1.807) is 13.0 Å². The molecule has 0 unspecified atom stereocenters. The zero-order valence-electron chi connectivity index (χ0n) is 11.1. The highest BCUT2D eigenvalue weighted by molar-refractivity contribution is 6.19. The molecule has 0 radical (unpaired) electrons. The van der Waals surface area contributed by atoms with Crippen LogP contribution in [0.15, 0.2) is 29.8 Å². The summed E-state index contributed by atoms with van der Waals surface area (Å²) in [5, 5.41) is 0. The van der Waals surface area contributed by atoms with Gasteiger partial charge in [-0.3, -0.25) is 4.79 Å². The maximum atomic E-state index is 12.1. The molecule has 4 nitrogen and oxygen atoms in total. The van der Waals surface area contributed by atoms with Gasteiger partial charge in [0.05, 0.1) is 6.61 Å². The highest BCUT2D eigenvalue weighted by atomic mass is 19.3. The minimum Gasteiger partial charge on any atom is -0.462 e. The van der Waals surface area contributed by atoms with Crippen molar-refractivity contribution in [3.63, 3.8) is 0 Å². The first-order chi connectivity index (χ1) is 9.43. The summed E-state index contributed by atoms with van der Waals surface area (Å²) in [5.41, 5.74) is 0.238. The van der Waals surface area contributed by atoms with Crippen molar-refractivity contribution in [2.24, 2.45) is 0 Å². The second-order valence-electron chi connectivity index (χ2n) is 3.79. The van der Waals surface area contributed by atoms with Crippen molar-refractivity contribution in [3.05, 3.63) is 35.4 Å². The van der Waals surface area contributed by atoms with E-state index in [-0.39, 0.29) is 17.9 Å². The van der Waals surface area contributed by atoms with Crippen molar-refractivity contribution < 1.29 is 27.8 Å². The molecule has 0 bridgehead atoms. The third kappa shape index (κ3) is 4.79. The van der Waals surface area contributed by atoms with Gasteiger partial charge in [-0.1, -0.05) is 12.1 Å². The number of ketones is 1. The summed E-state index contributed by atoms with van der Waals surface area (Å²) in [6, 6.07) is 5.68. The number of halogens is 2. The normalized spacial score (nSPS) is 11.3. The topological polar surface area (TPSA) is 52.6 Å². The third-order valence-electron chi connectivity index (χ3n) is 2.27. The number of ether oxygens (including phenoxy) is 2. The zero-order valence-corrected chi connectivity index (χ0v) is 11.1. The lowest BCUT2D eigenvalue weighted by Crippen LogP contribution is -2.13. The smallest absolute Gasteiger partial charge is 0.387 e. The van der Waals surface area contributed by atoms with Crippen molar-refractivity contribution >= 4 is 17.8 Å². The molecule has 0 heterocycles. The van der Waals surface area contributed by atoms with Crippen LogP contribution in [0.4, 0.5) is 8.78 Å². The number of esters is 1. The fourth-order valence-electron chi connectivity index (χ4n) is 1.46. The Balaban J connectivity index is 3.05. The van der Waals surface area contributed by atoms with Crippen LogP contribution in [0.2, 0.25) is 0 Å². The number of benzene rings is 1. The summed E-state index contributed by atoms with van der Waals surface area (Å²) in [6.45, 7) is 0.0408. The van der Waals surface area contributed by atoms with Gasteiger partial charge in [-0.15, -0.1) is 0 Å². The molecule has 0 aliphatic heterocycles. The van der Waals surface area contributed by atoms with E-state index in [2.05, 4.69) is 4.74 Å². The van der Waals surface area contributed by atoms with E-state index in [1.807, 2.05) is 0 Å². The van der Waals surface area contributed by atoms with Crippen molar-refractivity contribution in [2.45, 2.75) is 20.5 Å². The fraction of sp³-hybridized carbons (Fsp3) is 0.286. The molecule has 20 heavy (non-hydrogen) atoms. The predicted molar refractivity (Wildman–Crippen MR) is 68.4 cm³/mol. The number of carbonyl (C=O) groups is 2. The van der Waals surface area contributed by atoms with Crippen molar-refractivity contribution in [2.75, 3.05) is 6.61 Å². The summed E-state index contributed by atoms with van der Waals surface area (Å²) in [5.74, 6) is -1.27. The lowest BCUT2D eigenvalue weighted by Gasteiger charge is -2.06. The summed E-state index contributed by atoms with van der Waals surface area (Å²) >= 11 is 0. The molecule has 1 aromatic carbocycles. The Morgan fingerprint density at radius 1 is 1.35 bits per heavy atom. The van der Waals surface area contributed by atoms with Crippen LogP contribution in [0.5, 0.6) is 5.75 Å². The van der Waals surface area contributed by atoms with Crippen LogP contribution >= 0.6 is 0 Å². The van der Waals surface area contributed by atoms with Gasteiger partial charge in [0.2, 0.25) is 0 Å². The minimum absolute atomic E-state index is 0.0551. The standard InChI is InChI=1S/C14H14F2O4/c1-3-19-13(18)12(9(2)17)8-10-5-4-6-11(7-10)20-14(15)16/h4-8,14H,3H2,1-2H3/b12-8+. The van der Waals surface area contributed by atoms with E-state index in [9.17, 15) is 18.4 Å². The first-order valence-electron chi connectivity index (χ1n) is 5.88. The Morgan fingerprint density at radius 2 is 2.05 bits per heavy atom. The molecule has 0 aromatic heterocycles. The van der Waals surface area contributed by atoms with Gasteiger partial charge < -0.3 is 9.47 Å². The largest absolute Gasteiger partial charge is 0.462 e. The van der Waals surface area contributed by atoms with Gasteiger partial charge in [-0.05, 0) is 37.6 Å². The monoisotopic (exact) mass is 284 g/mol. The van der Waals surface area contributed by atoms with E-state index in [0.29, 0.717) is 5.56 Å². The predicted octanol–water partition coefficient (Wildman–Crippen LogP) is 2.82. The molecule has 0 spiro atoms. The van der Waals surface area contributed by atoms with Crippen LogP contribution in [0.1, 0.15) is 19.4 Å². The number of hydrogen-bond acceptors (Lipinski definition) is 4. The van der Waals surface area contributed by atoms with Crippen LogP contribution in [0.3, 0.4) is 0 Å². The first-order valence-corrected chi connectivity index (χ1v) is 5.88. The van der Waals surface area contributed by atoms with Crippen LogP contribution in [0.25, 0.3) is 6.08 Å². The molecule has 108 valence electrons. The zero-order chi connectivity index (χ0) is 15.1. The van der Waals surface area contributed by atoms with Gasteiger partial charge in [-0.2, -0.15) is 8.78 Å². The van der Waals surface area contributed by atoms with Crippen LogP contribution < -0.4 is 4.74 Å². The second-order valence-corrected chi connectivity index (χ2v) is 3.79. The van der Waals surface area contributed by atoms with Crippen molar-refractivity contribution in [1.82, 2.24) is 0 Å². The Morgan fingerprint density at radius 3 is 2.60 bits per heavy atom. The number of rotatable bonds is 6. The summed E-state index contributed by atoms with van der Waals surface area (Å²) in [6.07, 6.45) is 1.28. The number of hydrogen-bond donors (Lipinski definition) is 0. The lowest BCUT2D eigenvalue weighted by molar-refractivity contribution is -0.139. The molecule has 6 heteroatoms. The minimum atomic E-state index is -2.94. The van der Waals surface area contributed by atoms with E-state index in [1.165, 1.54) is 31.2 Å². The SMILES string of the molecule is CCOC(=O)/C(=C/c1cccc(OC(F)F)c1)C(C)=O. The van der Waals surface area contributed by atoms with Gasteiger partial charge in [0.25, 0.3) is 0 Å². The van der Waals surface area contributed by atoms with Crippen LogP contribution in [-0.2, 0) is 14.3 Å². The lowest BCUT2D eigenvalue weighted by atomic mass is 10.1. The van der Waals surface area contributed by atoms with Crippen molar-refractivity contribution in [3.8, 4) is 5.75 Å². The summed E-state index contributed by atoms with van der Waals surface area (Å²) < 4.78 is 33.2. The maximum absolute atomic E-state index is 12.1. The van der Waals surface area contributed by atoms with E-state index >= 15 is 0 Å². The highest BCUT2D eigenvalue weighted by Gasteiger charge is 2.15. The van der Waals surface area contributed by atoms with Gasteiger partial charge in [0, 0.05) is 0 Å². The molecule has 1 rings (SSSR count). The Bertz CT molecular complexity index is 524. The first kappa shape index (κ1) is 15.8. The van der Waals surface area contributed by atoms with Crippen molar-refractivity contribution in [1.29, 1.82) is 0 Å². The third-order valence-corrected chi connectivity index (χ3v) is 2.27. The number of carbonyl (C=O) groups excluding carboxylic acids is 2. The molecule has 0 saturated carbocycles. The summed E-state index contributed by atoms with van der Waals surface area (Å²) in [4.78, 5) is 23.0. The average Bonchev–Trinajstić information content (AvgIpc) is 2.35. The molecule has 0 aliphatic rings. The van der Waals surface area contributed by atoms with E-state index in [0.717, 1.165) is 0 Å². The summed E-state index contributed by atoms with van der Waals surface area (Å²) in [7, 11) is 0. The Kier molecular flexibility index (Phi) is 5.83. The van der Waals surface area contributed by atoms with Gasteiger partial charge in [0.1, 0.15) is 11.3 Å². The van der Waals surface area contributed by atoms with Gasteiger partial charge in [0.15, 0.2) is 5.78 Å². The average molecular weight is 284 g/mol. The fourth-order valence-corrected chi connectivity index (χ4v) is 1.46. The number of Topliss-reactive ketones (excluding diaryl/α,β-unsaturated/α-hetero) is 1. The molecule has 0 N–H and O–H groups in total. The molecule has 0 atom stereocenters. The van der Waals surface area contributed by atoms with Gasteiger partial charge >= 0.3 is 12.6 Å². The molecule has 0 amide bonds. The maximum Gasteiger partial charge on any atom is 0.387 e. The van der Waals surface area contributed by atoms with Gasteiger partial charge in [-0.25, -0.2) is 4.79 Å². The Labute approximate surface area is 115 Å². The van der Waals surface area contributed by atoms with Crippen LogP contribution in [0, 0.1) is 0 Å². The molecule has 1 aromatic rings. The Hall–Kier alpha value is -2.24. The van der Waals surface area contributed by atoms with E-state index in [4.69, 9.17) is 4.74 Å². The quantitative estimate of drug-likeness (QED) is 0.349. The second kappa shape index (κ2) is 7.37. The molecule has 0 fully saturated rings. The van der Waals surface area contributed by atoms with E-state index < -0.39 is 18.4 Å². The van der Waals surface area contributed by atoms with Crippen LogP contribution in [-0.4, -0.2) is 25.0 Å².